The number of rotatable bonds is 7. The third-order valence-corrected chi connectivity index (χ3v) is 4.45. The van der Waals surface area contributed by atoms with Crippen molar-refractivity contribution in [1.29, 1.82) is 0 Å². The smallest absolute Gasteiger partial charge is 0.275 e. The first-order valence-electron chi connectivity index (χ1n) is 9.32. The number of likely N-dealkylation sites (N-methyl/N-ethyl adjacent to an activating group) is 1. The summed E-state index contributed by atoms with van der Waals surface area (Å²) in [5.74, 6) is 0.396. The highest BCUT2D eigenvalue weighted by atomic mass is 16.5. The summed E-state index contributed by atoms with van der Waals surface area (Å²) < 4.78 is 7.44. The van der Waals surface area contributed by atoms with E-state index in [0.717, 1.165) is 11.1 Å². The number of carbonyl (C=O) groups excluding carboxylic acids is 1. The van der Waals surface area contributed by atoms with Crippen molar-refractivity contribution in [2.45, 2.75) is 33.7 Å². The molecule has 1 atom stereocenters. The molecule has 3 aromatic rings. The van der Waals surface area contributed by atoms with E-state index >= 15 is 0 Å². The second-order valence-electron chi connectivity index (χ2n) is 6.76. The number of aromatic nitrogens is 4. The molecule has 0 aliphatic rings. The maximum absolute atomic E-state index is 13.3. The molecule has 0 fully saturated rings. The Morgan fingerprint density at radius 3 is 2.64 bits per heavy atom. The highest BCUT2D eigenvalue weighted by molar-refractivity contribution is 5.96. The Morgan fingerprint density at radius 1 is 1.21 bits per heavy atom. The Hall–Kier alpha value is -3.22. The van der Waals surface area contributed by atoms with Crippen LogP contribution in [0.15, 0.2) is 49.1 Å². The van der Waals surface area contributed by atoms with Gasteiger partial charge < -0.3 is 9.64 Å². The summed E-state index contributed by atoms with van der Waals surface area (Å²) in [6.07, 6.45) is 6.94. The highest BCUT2D eigenvalue weighted by Crippen LogP contribution is 2.17. The number of hydrogen-bond acceptors (Lipinski definition) is 5. The van der Waals surface area contributed by atoms with Gasteiger partial charge in [0, 0.05) is 37.4 Å². The van der Waals surface area contributed by atoms with Gasteiger partial charge in [-0.05, 0) is 51.0 Å². The molecule has 0 aliphatic carbocycles. The number of amides is 1. The van der Waals surface area contributed by atoms with Gasteiger partial charge in [-0.2, -0.15) is 5.10 Å². The van der Waals surface area contributed by atoms with Crippen LogP contribution in [0.1, 0.15) is 35.5 Å². The van der Waals surface area contributed by atoms with Crippen LogP contribution >= 0.6 is 0 Å². The molecule has 1 amide bonds. The summed E-state index contributed by atoms with van der Waals surface area (Å²) in [5.41, 5.74) is 3.08. The minimum atomic E-state index is -0.152. The SMILES string of the molecule is CCN(C(=O)c1ncc(C)cc1-n1cccn1)[C@@H](C)COc1ccc(C)cn1. The molecule has 7 nitrogen and oxygen atoms in total. The zero-order valence-corrected chi connectivity index (χ0v) is 16.7. The van der Waals surface area contributed by atoms with Crippen molar-refractivity contribution >= 4 is 5.91 Å². The second kappa shape index (κ2) is 8.65. The molecule has 7 heteroatoms. The lowest BCUT2D eigenvalue weighted by atomic mass is 10.2. The van der Waals surface area contributed by atoms with Gasteiger partial charge in [0.25, 0.3) is 5.91 Å². The Kier molecular flexibility index (Phi) is 6.03. The van der Waals surface area contributed by atoms with Crippen molar-refractivity contribution in [2.75, 3.05) is 13.2 Å². The van der Waals surface area contributed by atoms with Gasteiger partial charge in [-0.25, -0.2) is 14.6 Å². The maximum atomic E-state index is 13.3. The quantitative estimate of drug-likeness (QED) is 0.630. The molecule has 0 radical (unpaired) electrons. The van der Waals surface area contributed by atoms with Gasteiger partial charge in [-0.3, -0.25) is 4.79 Å². The first kappa shape index (κ1) is 19.5. The van der Waals surface area contributed by atoms with Gasteiger partial charge in [0.15, 0.2) is 5.69 Å². The largest absolute Gasteiger partial charge is 0.475 e. The molecule has 3 rings (SSSR count). The van der Waals surface area contributed by atoms with Crippen molar-refractivity contribution in [3.05, 3.63) is 65.9 Å². The molecular formula is C21H25N5O2. The normalized spacial score (nSPS) is 11.9. The third-order valence-electron chi connectivity index (χ3n) is 4.45. The second-order valence-corrected chi connectivity index (χ2v) is 6.76. The highest BCUT2D eigenvalue weighted by Gasteiger charge is 2.25. The molecule has 0 aromatic carbocycles. The molecule has 0 unspecified atom stereocenters. The van der Waals surface area contributed by atoms with E-state index in [1.54, 1.807) is 34.4 Å². The molecule has 3 heterocycles. The topological polar surface area (TPSA) is 73.1 Å². The first-order valence-corrected chi connectivity index (χ1v) is 9.32. The summed E-state index contributed by atoms with van der Waals surface area (Å²) in [6, 6.07) is 7.37. The molecule has 0 saturated carbocycles. The monoisotopic (exact) mass is 379 g/mol. The molecule has 28 heavy (non-hydrogen) atoms. The van der Waals surface area contributed by atoms with Crippen LogP contribution in [0.5, 0.6) is 5.88 Å². The minimum Gasteiger partial charge on any atom is -0.475 e. The van der Waals surface area contributed by atoms with Gasteiger partial charge >= 0.3 is 0 Å². The summed E-state index contributed by atoms with van der Waals surface area (Å²) in [4.78, 5) is 23.7. The van der Waals surface area contributed by atoms with Crippen LogP contribution in [0.2, 0.25) is 0 Å². The average molecular weight is 379 g/mol. The molecule has 3 aromatic heterocycles. The predicted molar refractivity (Wildman–Crippen MR) is 107 cm³/mol. The molecular weight excluding hydrogens is 354 g/mol. The lowest BCUT2D eigenvalue weighted by Crippen LogP contribution is -2.42. The van der Waals surface area contributed by atoms with Gasteiger partial charge in [0.2, 0.25) is 5.88 Å². The Morgan fingerprint density at radius 2 is 2.00 bits per heavy atom. The molecule has 0 N–H and O–H groups in total. The maximum Gasteiger partial charge on any atom is 0.275 e. The summed E-state index contributed by atoms with van der Waals surface area (Å²) in [5, 5.41) is 4.26. The average Bonchev–Trinajstić information content (AvgIpc) is 3.22. The van der Waals surface area contributed by atoms with Crippen LogP contribution in [0.25, 0.3) is 5.69 Å². The van der Waals surface area contributed by atoms with Crippen LogP contribution in [0.4, 0.5) is 0 Å². The van der Waals surface area contributed by atoms with Crippen molar-refractivity contribution in [3.63, 3.8) is 0 Å². The zero-order chi connectivity index (χ0) is 20.1. The van der Waals surface area contributed by atoms with E-state index in [-0.39, 0.29) is 11.9 Å². The fourth-order valence-corrected chi connectivity index (χ4v) is 2.93. The van der Waals surface area contributed by atoms with E-state index in [1.807, 2.05) is 52.0 Å². The van der Waals surface area contributed by atoms with Crippen LogP contribution in [0, 0.1) is 13.8 Å². The van der Waals surface area contributed by atoms with E-state index in [0.29, 0.717) is 30.4 Å². The Bertz CT molecular complexity index is 922. The number of hydrogen-bond donors (Lipinski definition) is 0. The van der Waals surface area contributed by atoms with E-state index in [1.165, 1.54) is 0 Å². The van der Waals surface area contributed by atoms with Crippen molar-refractivity contribution in [2.24, 2.45) is 0 Å². The summed E-state index contributed by atoms with van der Waals surface area (Å²) >= 11 is 0. The van der Waals surface area contributed by atoms with Crippen LogP contribution < -0.4 is 4.74 Å². The van der Waals surface area contributed by atoms with Gasteiger partial charge in [-0.1, -0.05) is 6.07 Å². The fraction of sp³-hybridized carbons (Fsp3) is 0.333. The molecule has 0 aliphatic heterocycles. The number of ether oxygens (including phenoxy) is 1. The number of pyridine rings is 2. The number of nitrogens with zero attached hydrogens (tertiary/aromatic N) is 5. The van der Waals surface area contributed by atoms with E-state index in [4.69, 9.17) is 4.74 Å². The summed E-state index contributed by atoms with van der Waals surface area (Å²) in [6.45, 7) is 8.70. The predicted octanol–water partition coefficient (Wildman–Crippen LogP) is 3.21. The molecule has 0 spiro atoms. The van der Waals surface area contributed by atoms with Crippen molar-refractivity contribution in [1.82, 2.24) is 24.6 Å². The molecule has 0 saturated heterocycles. The minimum absolute atomic E-state index is 0.144. The van der Waals surface area contributed by atoms with Gasteiger partial charge in [0.1, 0.15) is 6.61 Å². The van der Waals surface area contributed by atoms with Crippen LogP contribution in [-0.4, -0.2) is 49.7 Å². The van der Waals surface area contributed by atoms with E-state index in [9.17, 15) is 4.79 Å². The standard InChI is InChI=1S/C21H25N5O2/c1-5-25(17(4)14-28-19-8-7-15(2)12-22-19)21(27)20-18(11-16(3)13-23-20)26-10-6-9-24-26/h6-13,17H,5,14H2,1-4H3/t17-/m0/s1. The zero-order valence-electron chi connectivity index (χ0n) is 16.7. The van der Waals surface area contributed by atoms with E-state index in [2.05, 4.69) is 15.1 Å². The Balaban J connectivity index is 1.78. The molecule has 146 valence electrons. The molecule has 0 bridgehead atoms. The van der Waals surface area contributed by atoms with Crippen molar-refractivity contribution in [3.8, 4) is 11.6 Å². The van der Waals surface area contributed by atoms with Crippen LogP contribution in [-0.2, 0) is 0 Å². The van der Waals surface area contributed by atoms with Gasteiger partial charge in [-0.15, -0.1) is 0 Å². The van der Waals surface area contributed by atoms with E-state index < -0.39 is 0 Å². The van der Waals surface area contributed by atoms with Gasteiger partial charge in [0.05, 0.1) is 11.7 Å². The fourth-order valence-electron chi connectivity index (χ4n) is 2.93. The number of aryl methyl sites for hydroxylation is 2. The van der Waals surface area contributed by atoms with Crippen molar-refractivity contribution < 1.29 is 9.53 Å². The lowest BCUT2D eigenvalue weighted by Gasteiger charge is -2.28. The third kappa shape index (κ3) is 4.36. The summed E-state index contributed by atoms with van der Waals surface area (Å²) in [7, 11) is 0. The number of carbonyl (C=O) groups is 1. The van der Waals surface area contributed by atoms with Crippen LogP contribution in [0.3, 0.4) is 0 Å². The Labute approximate surface area is 165 Å². The first-order chi connectivity index (χ1) is 13.5. The lowest BCUT2D eigenvalue weighted by molar-refractivity contribution is 0.0640.